The first-order valence-corrected chi connectivity index (χ1v) is 12.4. The molecule has 3 N–H and O–H groups in total. The summed E-state index contributed by atoms with van der Waals surface area (Å²) in [6.45, 7) is 4.29. The number of hydrogen-bond acceptors (Lipinski definition) is 7. The van der Waals surface area contributed by atoms with Crippen LogP contribution in [-0.2, 0) is 14.3 Å². The summed E-state index contributed by atoms with van der Waals surface area (Å²) in [6.07, 6.45) is 6.04. The van der Waals surface area contributed by atoms with Crippen LogP contribution in [0.3, 0.4) is 0 Å². The molecule has 0 aliphatic heterocycles. The van der Waals surface area contributed by atoms with Crippen LogP contribution >= 0.6 is 11.8 Å². The number of amides is 1. The third-order valence-corrected chi connectivity index (χ3v) is 5.42. The monoisotopic (exact) mass is 454 g/mol. The van der Waals surface area contributed by atoms with Gasteiger partial charge in [-0.15, -0.1) is 0 Å². The molecule has 8 heteroatoms. The van der Waals surface area contributed by atoms with Gasteiger partial charge in [0.05, 0.1) is 18.4 Å². The molecule has 0 radical (unpaired) electrons. The van der Waals surface area contributed by atoms with E-state index >= 15 is 0 Å². The average molecular weight is 455 g/mol. The maximum absolute atomic E-state index is 12.7. The summed E-state index contributed by atoms with van der Waals surface area (Å²) in [5.74, 6) is 0.459. The number of carbonyl (C=O) groups is 2. The second-order valence-electron chi connectivity index (χ2n) is 7.73. The Morgan fingerprint density at radius 3 is 2.42 bits per heavy atom. The molecular formula is C23H38N2O5S. The van der Waals surface area contributed by atoms with Crippen molar-refractivity contribution in [2.75, 3.05) is 36.8 Å². The highest BCUT2D eigenvalue weighted by molar-refractivity contribution is 7.98. The molecule has 31 heavy (non-hydrogen) atoms. The maximum atomic E-state index is 12.7. The number of nitrogens with zero attached hydrogens (tertiary/aromatic N) is 1. The van der Waals surface area contributed by atoms with Gasteiger partial charge in [-0.2, -0.15) is 11.8 Å². The number of aliphatic hydroxyl groups excluding tert-OH is 2. The first-order valence-electron chi connectivity index (χ1n) is 11.0. The van der Waals surface area contributed by atoms with Gasteiger partial charge in [0, 0.05) is 18.9 Å². The third kappa shape index (κ3) is 11.0. The highest BCUT2D eigenvalue weighted by atomic mass is 32.2. The lowest BCUT2D eigenvalue weighted by Gasteiger charge is -2.26. The summed E-state index contributed by atoms with van der Waals surface area (Å²) < 4.78 is 4.83. The van der Waals surface area contributed by atoms with E-state index in [0.29, 0.717) is 19.4 Å². The normalized spacial score (nSPS) is 12.1. The van der Waals surface area contributed by atoms with Gasteiger partial charge in [0.25, 0.3) is 0 Å². The van der Waals surface area contributed by atoms with Crippen LogP contribution in [0.4, 0.5) is 5.69 Å². The van der Waals surface area contributed by atoms with Gasteiger partial charge in [0.1, 0.15) is 6.61 Å². The highest BCUT2D eigenvalue weighted by Gasteiger charge is 2.19. The van der Waals surface area contributed by atoms with Gasteiger partial charge in [0.2, 0.25) is 5.91 Å². The van der Waals surface area contributed by atoms with E-state index in [1.807, 2.05) is 44.4 Å². The van der Waals surface area contributed by atoms with E-state index < -0.39 is 6.10 Å². The summed E-state index contributed by atoms with van der Waals surface area (Å²) in [5, 5.41) is 20.5. The number of thioether (sulfide) groups is 1. The van der Waals surface area contributed by atoms with Crippen molar-refractivity contribution in [1.29, 1.82) is 0 Å². The Morgan fingerprint density at radius 1 is 1.13 bits per heavy atom. The van der Waals surface area contributed by atoms with Gasteiger partial charge < -0.3 is 14.9 Å². The van der Waals surface area contributed by atoms with Crippen LogP contribution in [0.25, 0.3) is 0 Å². The smallest absolute Gasteiger partial charge is 0.305 e. The van der Waals surface area contributed by atoms with E-state index in [2.05, 4.69) is 5.43 Å². The van der Waals surface area contributed by atoms with Crippen molar-refractivity contribution < 1.29 is 24.5 Å². The molecule has 1 aromatic carbocycles. The number of esters is 1. The summed E-state index contributed by atoms with van der Waals surface area (Å²) >= 11 is 1.71. The second kappa shape index (κ2) is 16.1. The molecule has 0 heterocycles. The van der Waals surface area contributed by atoms with E-state index in [1.165, 1.54) is 0 Å². The molecule has 0 saturated carbocycles. The molecule has 0 aliphatic carbocycles. The van der Waals surface area contributed by atoms with Crippen LogP contribution in [-0.4, -0.2) is 53.9 Å². The number of benzene rings is 1. The second-order valence-corrected chi connectivity index (χ2v) is 8.72. The Balaban J connectivity index is 2.50. The minimum absolute atomic E-state index is 0.0117. The van der Waals surface area contributed by atoms with Crippen molar-refractivity contribution >= 4 is 29.3 Å². The van der Waals surface area contributed by atoms with Crippen LogP contribution in [0.2, 0.25) is 0 Å². The van der Waals surface area contributed by atoms with Crippen LogP contribution in [0, 0.1) is 5.92 Å². The lowest BCUT2D eigenvalue weighted by molar-refractivity contribution is -0.144. The zero-order valence-electron chi connectivity index (χ0n) is 19.0. The molecule has 0 aliphatic rings. The largest absolute Gasteiger partial charge is 0.463 e. The average Bonchev–Trinajstić information content (AvgIpc) is 2.77. The van der Waals surface area contributed by atoms with Crippen LogP contribution in [0.15, 0.2) is 24.3 Å². The molecule has 1 unspecified atom stereocenters. The van der Waals surface area contributed by atoms with Gasteiger partial charge >= 0.3 is 5.97 Å². The predicted molar refractivity (Wildman–Crippen MR) is 126 cm³/mol. The molecule has 1 atom stereocenters. The van der Waals surface area contributed by atoms with Crippen molar-refractivity contribution in [3.05, 3.63) is 29.8 Å². The Labute approximate surface area is 190 Å². The van der Waals surface area contributed by atoms with Crippen molar-refractivity contribution in [1.82, 2.24) is 5.43 Å². The zero-order chi connectivity index (χ0) is 23.1. The SMILES string of the molecule is CSCCC(O)c1ccc(N(NCCCCCCC(=O)OCCO)C(=O)C(C)C)cc1. The highest BCUT2D eigenvalue weighted by Crippen LogP contribution is 2.22. The molecule has 0 saturated heterocycles. The van der Waals surface area contributed by atoms with Crippen molar-refractivity contribution in [3.8, 4) is 0 Å². The summed E-state index contributed by atoms with van der Waals surface area (Å²) in [7, 11) is 0. The Bertz CT molecular complexity index is 639. The van der Waals surface area contributed by atoms with Crippen LogP contribution in [0.1, 0.15) is 64.0 Å². The molecule has 1 aromatic rings. The fourth-order valence-electron chi connectivity index (χ4n) is 2.97. The zero-order valence-corrected chi connectivity index (χ0v) is 19.8. The van der Waals surface area contributed by atoms with Gasteiger partial charge in [-0.1, -0.05) is 38.8 Å². The van der Waals surface area contributed by atoms with E-state index in [-0.39, 0.29) is 31.0 Å². The molecule has 7 nitrogen and oxygen atoms in total. The number of hydrogen-bond donors (Lipinski definition) is 3. The van der Waals surface area contributed by atoms with E-state index in [0.717, 1.165) is 42.7 Å². The molecule has 0 aromatic heterocycles. The molecule has 0 bridgehead atoms. The summed E-state index contributed by atoms with van der Waals surface area (Å²) in [5.41, 5.74) is 4.84. The molecule has 176 valence electrons. The Morgan fingerprint density at radius 2 is 1.81 bits per heavy atom. The molecule has 1 rings (SSSR count). The number of carbonyl (C=O) groups excluding carboxylic acids is 2. The first-order chi connectivity index (χ1) is 14.9. The Kier molecular flexibility index (Phi) is 14.2. The number of hydrazine groups is 1. The first kappa shape index (κ1) is 27.4. The lowest BCUT2D eigenvalue weighted by atomic mass is 10.1. The van der Waals surface area contributed by atoms with Gasteiger partial charge in [-0.3, -0.25) is 9.59 Å². The number of nitrogens with one attached hydrogen (secondary N) is 1. The van der Waals surface area contributed by atoms with Crippen molar-refractivity contribution in [2.24, 2.45) is 5.92 Å². The number of rotatable bonds is 16. The van der Waals surface area contributed by atoms with E-state index in [4.69, 9.17) is 9.84 Å². The van der Waals surface area contributed by atoms with Crippen LogP contribution in [0.5, 0.6) is 0 Å². The number of unbranched alkanes of at least 4 members (excludes halogenated alkanes) is 3. The number of anilines is 1. The minimum atomic E-state index is -0.496. The van der Waals surface area contributed by atoms with Crippen molar-refractivity contribution in [3.63, 3.8) is 0 Å². The third-order valence-electron chi connectivity index (χ3n) is 4.78. The molecule has 0 fully saturated rings. The maximum Gasteiger partial charge on any atom is 0.305 e. The van der Waals surface area contributed by atoms with Crippen LogP contribution < -0.4 is 10.4 Å². The summed E-state index contributed by atoms with van der Waals surface area (Å²) in [4.78, 5) is 24.1. The standard InChI is InChI=1S/C23H38N2O5S/c1-18(2)23(29)25(20-11-9-19(10-12-20)21(27)13-17-31-3)24-14-7-5-4-6-8-22(28)30-16-15-26/h9-12,18,21,24,26-27H,4-8,13-17H2,1-3H3. The topological polar surface area (TPSA) is 99.1 Å². The van der Waals surface area contributed by atoms with E-state index in [1.54, 1.807) is 16.8 Å². The minimum Gasteiger partial charge on any atom is -0.463 e. The van der Waals surface area contributed by atoms with Gasteiger partial charge in [-0.05, 0) is 49.0 Å². The molecule has 1 amide bonds. The predicted octanol–water partition coefficient (Wildman–Crippen LogP) is 3.45. The lowest BCUT2D eigenvalue weighted by Crippen LogP contribution is -2.45. The Hall–Kier alpha value is -1.61. The van der Waals surface area contributed by atoms with Gasteiger partial charge in [-0.25, -0.2) is 10.4 Å². The van der Waals surface area contributed by atoms with Crippen molar-refractivity contribution in [2.45, 2.75) is 58.5 Å². The molecule has 0 spiro atoms. The molecular weight excluding hydrogens is 416 g/mol. The fourth-order valence-corrected chi connectivity index (χ4v) is 3.43. The number of aliphatic hydroxyl groups is 2. The van der Waals surface area contributed by atoms with E-state index in [9.17, 15) is 14.7 Å². The number of ether oxygens (including phenoxy) is 1. The fraction of sp³-hybridized carbons (Fsp3) is 0.652. The quantitative estimate of drug-likeness (QED) is 0.200. The van der Waals surface area contributed by atoms with Gasteiger partial charge in [0.15, 0.2) is 0 Å². The summed E-state index contributed by atoms with van der Waals surface area (Å²) in [6, 6.07) is 7.48.